The van der Waals surface area contributed by atoms with Crippen LogP contribution >= 0.6 is 0 Å². The predicted octanol–water partition coefficient (Wildman–Crippen LogP) is 4.08. The van der Waals surface area contributed by atoms with Crippen LogP contribution in [0.2, 0.25) is 0 Å². The minimum atomic E-state index is -1.11. The van der Waals surface area contributed by atoms with Crippen LogP contribution in [0.3, 0.4) is 0 Å². The van der Waals surface area contributed by atoms with E-state index in [1.165, 1.54) is 4.90 Å². The van der Waals surface area contributed by atoms with Gasteiger partial charge in [0.2, 0.25) is 0 Å². The van der Waals surface area contributed by atoms with Gasteiger partial charge in [-0.25, -0.2) is 4.79 Å². The first-order chi connectivity index (χ1) is 14.5. The lowest BCUT2D eigenvalue weighted by Gasteiger charge is -2.24. The van der Waals surface area contributed by atoms with E-state index in [-0.39, 0.29) is 19.1 Å². The van der Waals surface area contributed by atoms with Crippen molar-refractivity contribution in [3.63, 3.8) is 0 Å². The maximum Gasteiger partial charge on any atom is 0.325 e. The molecule has 154 valence electrons. The fourth-order valence-corrected chi connectivity index (χ4v) is 3.80. The molecule has 0 bridgehead atoms. The van der Waals surface area contributed by atoms with Crippen molar-refractivity contribution in [1.82, 2.24) is 10.2 Å². The fourth-order valence-electron chi connectivity index (χ4n) is 3.80. The van der Waals surface area contributed by atoms with Gasteiger partial charge in [-0.15, -0.1) is 0 Å². The van der Waals surface area contributed by atoms with E-state index in [1.807, 2.05) is 61.5 Å². The largest absolute Gasteiger partial charge is 0.494 e. The molecule has 0 saturated carbocycles. The molecule has 4 rings (SSSR count). The maximum absolute atomic E-state index is 13.2. The molecule has 0 aliphatic carbocycles. The van der Waals surface area contributed by atoms with Gasteiger partial charge in [-0.3, -0.25) is 9.69 Å². The molecule has 1 N–H and O–H groups in total. The number of carbonyl (C=O) groups is 2. The van der Waals surface area contributed by atoms with E-state index in [4.69, 9.17) is 9.47 Å². The molecular formula is C24H24N2O4. The molecule has 1 fully saturated rings. The average Bonchev–Trinajstić information content (AvgIpc) is 2.98. The van der Waals surface area contributed by atoms with Crippen LogP contribution in [0, 0.1) is 0 Å². The third-order valence-corrected chi connectivity index (χ3v) is 5.32. The smallest absolute Gasteiger partial charge is 0.325 e. The summed E-state index contributed by atoms with van der Waals surface area (Å²) in [5.41, 5.74) is -0.328. The summed E-state index contributed by atoms with van der Waals surface area (Å²) in [6.07, 6.45) is 0. The molecule has 30 heavy (non-hydrogen) atoms. The number of carbonyl (C=O) groups excluding carboxylic acids is 2. The molecule has 1 saturated heterocycles. The number of urea groups is 1. The molecule has 3 aromatic rings. The lowest BCUT2D eigenvalue weighted by molar-refractivity contribution is -0.131. The zero-order chi connectivity index (χ0) is 21.1. The second-order valence-corrected chi connectivity index (χ2v) is 7.29. The van der Waals surface area contributed by atoms with Crippen molar-refractivity contribution >= 4 is 22.7 Å². The SMILES string of the molecule is CCOc1ccc(OCCN2C(=O)NC(C)(c3cccc4ccccc34)C2=O)cc1. The van der Waals surface area contributed by atoms with Crippen LogP contribution in [-0.4, -0.2) is 36.6 Å². The average molecular weight is 404 g/mol. The van der Waals surface area contributed by atoms with Crippen molar-refractivity contribution in [3.8, 4) is 11.5 Å². The van der Waals surface area contributed by atoms with Gasteiger partial charge < -0.3 is 14.8 Å². The van der Waals surface area contributed by atoms with E-state index in [0.717, 1.165) is 22.1 Å². The number of imide groups is 1. The quantitative estimate of drug-likeness (QED) is 0.603. The van der Waals surface area contributed by atoms with E-state index in [2.05, 4.69) is 5.32 Å². The Balaban J connectivity index is 1.47. The Bertz CT molecular complexity index is 1070. The van der Waals surface area contributed by atoms with Crippen molar-refractivity contribution < 1.29 is 19.1 Å². The van der Waals surface area contributed by atoms with Crippen molar-refractivity contribution in [2.45, 2.75) is 19.4 Å². The molecule has 0 aromatic heterocycles. The molecule has 1 atom stereocenters. The molecule has 6 heteroatoms. The van der Waals surface area contributed by atoms with Crippen LogP contribution in [0.5, 0.6) is 11.5 Å². The monoisotopic (exact) mass is 404 g/mol. The Morgan fingerprint density at radius 3 is 2.30 bits per heavy atom. The van der Waals surface area contributed by atoms with E-state index in [1.54, 1.807) is 19.1 Å². The summed E-state index contributed by atoms with van der Waals surface area (Å²) in [5, 5.41) is 4.85. The molecule has 1 unspecified atom stereocenters. The Hall–Kier alpha value is -3.54. The highest BCUT2D eigenvalue weighted by atomic mass is 16.5. The van der Waals surface area contributed by atoms with Gasteiger partial charge in [0.25, 0.3) is 5.91 Å². The molecule has 1 aliphatic heterocycles. The first kappa shape index (κ1) is 19.8. The number of hydrogen-bond acceptors (Lipinski definition) is 4. The third-order valence-electron chi connectivity index (χ3n) is 5.32. The number of rotatable bonds is 7. The molecule has 3 amide bonds. The highest BCUT2D eigenvalue weighted by molar-refractivity contribution is 6.09. The van der Waals surface area contributed by atoms with E-state index < -0.39 is 11.6 Å². The van der Waals surface area contributed by atoms with E-state index >= 15 is 0 Å². The summed E-state index contributed by atoms with van der Waals surface area (Å²) >= 11 is 0. The summed E-state index contributed by atoms with van der Waals surface area (Å²) in [5.74, 6) is 1.14. The second-order valence-electron chi connectivity index (χ2n) is 7.29. The van der Waals surface area contributed by atoms with Crippen LogP contribution in [0.15, 0.2) is 66.7 Å². The first-order valence-electron chi connectivity index (χ1n) is 10.0. The van der Waals surface area contributed by atoms with Gasteiger partial charge in [0, 0.05) is 0 Å². The minimum absolute atomic E-state index is 0.165. The van der Waals surface area contributed by atoms with E-state index in [9.17, 15) is 9.59 Å². The number of ether oxygens (including phenoxy) is 2. The molecule has 0 radical (unpaired) electrons. The van der Waals surface area contributed by atoms with Crippen molar-refractivity contribution in [1.29, 1.82) is 0 Å². The van der Waals surface area contributed by atoms with Crippen LogP contribution in [0.1, 0.15) is 19.4 Å². The standard InChI is InChI=1S/C24H24N2O4/c1-3-29-18-11-13-19(14-12-18)30-16-15-26-22(27)24(2,25-23(26)28)21-10-6-8-17-7-4-5-9-20(17)21/h4-14H,3,15-16H2,1-2H3,(H,25,28). The fraction of sp³-hybridized carbons (Fsp3) is 0.250. The Morgan fingerprint density at radius 1 is 0.900 bits per heavy atom. The van der Waals surface area contributed by atoms with Crippen LogP contribution in [-0.2, 0) is 10.3 Å². The Kier molecular flexibility index (Phi) is 5.31. The highest BCUT2D eigenvalue weighted by Crippen LogP contribution is 2.33. The first-order valence-corrected chi connectivity index (χ1v) is 10.0. The summed E-state index contributed by atoms with van der Waals surface area (Å²) in [4.78, 5) is 27.0. The van der Waals surface area contributed by atoms with Gasteiger partial charge in [-0.1, -0.05) is 42.5 Å². The zero-order valence-electron chi connectivity index (χ0n) is 17.1. The molecular weight excluding hydrogens is 380 g/mol. The molecule has 1 aliphatic rings. The third kappa shape index (κ3) is 3.56. The van der Waals surface area contributed by atoms with Crippen LogP contribution < -0.4 is 14.8 Å². The number of amides is 3. The summed E-state index contributed by atoms with van der Waals surface area (Å²) in [6, 6.07) is 20.5. The van der Waals surface area contributed by atoms with Gasteiger partial charge in [-0.05, 0) is 54.4 Å². The van der Waals surface area contributed by atoms with Gasteiger partial charge in [0.15, 0.2) is 0 Å². The van der Waals surface area contributed by atoms with Crippen molar-refractivity contribution in [2.75, 3.05) is 19.8 Å². The van der Waals surface area contributed by atoms with Crippen molar-refractivity contribution in [2.24, 2.45) is 0 Å². The Morgan fingerprint density at radius 2 is 1.57 bits per heavy atom. The minimum Gasteiger partial charge on any atom is -0.494 e. The molecule has 3 aromatic carbocycles. The highest BCUT2D eigenvalue weighted by Gasteiger charge is 2.49. The van der Waals surface area contributed by atoms with E-state index in [0.29, 0.717) is 12.4 Å². The molecule has 1 heterocycles. The van der Waals surface area contributed by atoms with Gasteiger partial charge in [0.05, 0.1) is 13.2 Å². The van der Waals surface area contributed by atoms with Crippen LogP contribution in [0.4, 0.5) is 4.79 Å². The van der Waals surface area contributed by atoms with Gasteiger partial charge >= 0.3 is 6.03 Å². The summed E-state index contributed by atoms with van der Waals surface area (Å²) < 4.78 is 11.1. The van der Waals surface area contributed by atoms with Gasteiger partial charge in [-0.2, -0.15) is 0 Å². The predicted molar refractivity (Wildman–Crippen MR) is 115 cm³/mol. The number of fused-ring (bicyclic) bond motifs is 1. The van der Waals surface area contributed by atoms with Gasteiger partial charge in [0.1, 0.15) is 23.6 Å². The summed E-state index contributed by atoms with van der Waals surface area (Å²) in [7, 11) is 0. The number of hydrogen-bond donors (Lipinski definition) is 1. The zero-order valence-corrected chi connectivity index (χ0v) is 17.1. The summed E-state index contributed by atoms with van der Waals surface area (Å²) in [6.45, 7) is 4.65. The topological polar surface area (TPSA) is 67.9 Å². The normalized spacial score (nSPS) is 18.5. The number of benzene rings is 3. The van der Waals surface area contributed by atoms with Crippen molar-refractivity contribution in [3.05, 3.63) is 72.3 Å². The molecule has 6 nitrogen and oxygen atoms in total. The molecule has 0 spiro atoms. The number of nitrogens with one attached hydrogen (secondary N) is 1. The second kappa shape index (κ2) is 8.06. The number of nitrogens with zero attached hydrogens (tertiary/aromatic N) is 1. The Labute approximate surface area is 175 Å². The lowest BCUT2D eigenvalue weighted by atomic mass is 9.88. The maximum atomic E-state index is 13.2. The lowest BCUT2D eigenvalue weighted by Crippen LogP contribution is -2.41. The van der Waals surface area contributed by atoms with Crippen LogP contribution in [0.25, 0.3) is 10.8 Å².